The van der Waals surface area contributed by atoms with Crippen LogP contribution in [0.3, 0.4) is 0 Å². The van der Waals surface area contributed by atoms with Crippen LogP contribution in [0.1, 0.15) is 42.5 Å². The Morgan fingerprint density at radius 3 is 2.70 bits per heavy atom. The molecule has 0 aliphatic rings. The molecule has 0 spiro atoms. The topological polar surface area (TPSA) is 42.0 Å². The van der Waals surface area contributed by atoms with Crippen LogP contribution >= 0.6 is 11.3 Å². The third-order valence-electron chi connectivity index (χ3n) is 3.08. The number of amides is 1. The molecule has 0 fully saturated rings. The van der Waals surface area contributed by atoms with Crippen LogP contribution < -0.4 is 5.32 Å². The van der Waals surface area contributed by atoms with E-state index in [1.54, 1.807) is 11.3 Å². The van der Waals surface area contributed by atoms with Gasteiger partial charge in [0.15, 0.2) is 0 Å². The summed E-state index contributed by atoms with van der Waals surface area (Å²) in [5.74, 6) is 0.518. The Kier molecular flexibility index (Phi) is 5.30. The van der Waals surface area contributed by atoms with Crippen molar-refractivity contribution in [1.29, 1.82) is 0 Å². The first kappa shape index (κ1) is 14.7. The van der Waals surface area contributed by atoms with Gasteiger partial charge >= 0.3 is 0 Å². The molecular weight excluding hydrogens is 268 g/mol. The second-order valence-corrected chi connectivity index (χ2v) is 6.03. The Morgan fingerprint density at radius 2 is 2.05 bits per heavy atom. The van der Waals surface area contributed by atoms with Crippen LogP contribution in [-0.4, -0.2) is 10.9 Å². The fourth-order valence-electron chi connectivity index (χ4n) is 1.84. The fourth-order valence-corrected chi connectivity index (χ4v) is 2.73. The quantitative estimate of drug-likeness (QED) is 0.883. The van der Waals surface area contributed by atoms with Gasteiger partial charge in [0, 0.05) is 11.8 Å². The van der Waals surface area contributed by atoms with Gasteiger partial charge in [0.05, 0.1) is 12.2 Å². The number of hydrogen-bond donors (Lipinski definition) is 1. The monoisotopic (exact) mass is 288 g/mol. The zero-order valence-electron chi connectivity index (χ0n) is 11.9. The van der Waals surface area contributed by atoms with Crippen LogP contribution in [0.2, 0.25) is 0 Å². The van der Waals surface area contributed by atoms with Crippen molar-refractivity contribution in [3.63, 3.8) is 0 Å². The minimum absolute atomic E-state index is 0.0788. The van der Waals surface area contributed by atoms with Gasteiger partial charge in [-0.2, -0.15) is 0 Å². The van der Waals surface area contributed by atoms with E-state index in [1.807, 2.05) is 30.3 Å². The standard InChI is InChI=1S/C16H20N2OS/c1-12(2)14-11-20-16(18-14)10-17-15(19)9-8-13-6-4-3-5-7-13/h3-7,11-12H,8-10H2,1-2H3,(H,17,19). The molecular formula is C16H20N2OS. The highest BCUT2D eigenvalue weighted by Crippen LogP contribution is 2.17. The summed E-state index contributed by atoms with van der Waals surface area (Å²) < 4.78 is 0. The van der Waals surface area contributed by atoms with Crippen molar-refractivity contribution in [2.45, 2.75) is 39.2 Å². The Morgan fingerprint density at radius 1 is 1.30 bits per heavy atom. The first-order valence-corrected chi connectivity index (χ1v) is 7.78. The van der Waals surface area contributed by atoms with Crippen molar-refractivity contribution in [1.82, 2.24) is 10.3 Å². The van der Waals surface area contributed by atoms with Crippen molar-refractivity contribution in [2.75, 3.05) is 0 Å². The number of nitrogens with zero attached hydrogens (tertiary/aromatic N) is 1. The van der Waals surface area contributed by atoms with Gasteiger partial charge in [-0.15, -0.1) is 11.3 Å². The average Bonchev–Trinajstić information content (AvgIpc) is 2.93. The van der Waals surface area contributed by atoms with Crippen molar-refractivity contribution >= 4 is 17.2 Å². The summed E-state index contributed by atoms with van der Waals surface area (Å²) in [4.78, 5) is 16.3. The molecule has 0 saturated heterocycles. The number of aryl methyl sites for hydroxylation is 1. The minimum atomic E-state index is 0.0788. The van der Waals surface area contributed by atoms with Crippen LogP contribution in [0.25, 0.3) is 0 Å². The molecule has 1 heterocycles. The molecule has 4 heteroatoms. The fraction of sp³-hybridized carbons (Fsp3) is 0.375. The lowest BCUT2D eigenvalue weighted by Crippen LogP contribution is -2.22. The largest absolute Gasteiger partial charge is 0.350 e. The molecule has 1 aromatic carbocycles. The van der Waals surface area contributed by atoms with E-state index in [4.69, 9.17) is 0 Å². The van der Waals surface area contributed by atoms with E-state index >= 15 is 0 Å². The maximum absolute atomic E-state index is 11.8. The molecule has 0 aliphatic heterocycles. The third-order valence-corrected chi connectivity index (χ3v) is 3.95. The normalized spacial score (nSPS) is 10.8. The van der Waals surface area contributed by atoms with Gasteiger partial charge in [0.2, 0.25) is 5.91 Å². The molecule has 20 heavy (non-hydrogen) atoms. The lowest BCUT2D eigenvalue weighted by Gasteiger charge is -2.03. The number of thiazole rings is 1. The first-order valence-electron chi connectivity index (χ1n) is 6.90. The second kappa shape index (κ2) is 7.20. The summed E-state index contributed by atoms with van der Waals surface area (Å²) in [6.07, 6.45) is 1.30. The molecule has 1 aromatic heterocycles. The van der Waals surface area contributed by atoms with Crippen LogP contribution in [0, 0.1) is 0 Å². The highest BCUT2D eigenvalue weighted by Gasteiger charge is 2.07. The molecule has 0 radical (unpaired) electrons. The SMILES string of the molecule is CC(C)c1csc(CNC(=O)CCc2ccccc2)n1. The van der Waals surface area contributed by atoms with Gasteiger partial charge in [-0.25, -0.2) is 4.98 Å². The smallest absolute Gasteiger partial charge is 0.220 e. The van der Waals surface area contributed by atoms with Crippen LogP contribution in [0.15, 0.2) is 35.7 Å². The van der Waals surface area contributed by atoms with E-state index in [0.29, 0.717) is 18.9 Å². The van der Waals surface area contributed by atoms with Crippen molar-refractivity contribution < 1.29 is 4.79 Å². The van der Waals surface area contributed by atoms with Gasteiger partial charge in [0.25, 0.3) is 0 Å². The summed E-state index contributed by atoms with van der Waals surface area (Å²) in [6.45, 7) is 4.78. The molecule has 1 amide bonds. The minimum Gasteiger partial charge on any atom is -0.350 e. The molecule has 3 nitrogen and oxygen atoms in total. The van der Waals surface area contributed by atoms with Crippen LogP contribution in [0.4, 0.5) is 0 Å². The molecule has 106 valence electrons. The summed E-state index contributed by atoms with van der Waals surface area (Å²) in [6, 6.07) is 10.1. The van der Waals surface area contributed by atoms with Gasteiger partial charge in [-0.1, -0.05) is 44.2 Å². The highest BCUT2D eigenvalue weighted by molar-refractivity contribution is 7.09. The molecule has 2 aromatic rings. The Hall–Kier alpha value is -1.68. The number of aromatic nitrogens is 1. The number of nitrogens with one attached hydrogen (secondary N) is 1. The Bertz CT molecular complexity index is 549. The molecule has 0 aliphatic carbocycles. The lowest BCUT2D eigenvalue weighted by atomic mass is 10.1. The molecule has 0 bridgehead atoms. The summed E-state index contributed by atoms with van der Waals surface area (Å²) in [5, 5.41) is 5.97. The van der Waals surface area contributed by atoms with E-state index in [0.717, 1.165) is 17.1 Å². The van der Waals surface area contributed by atoms with Gasteiger partial charge < -0.3 is 5.32 Å². The van der Waals surface area contributed by atoms with E-state index in [2.05, 4.69) is 29.5 Å². The molecule has 2 rings (SSSR count). The van der Waals surface area contributed by atoms with Gasteiger partial charge in [-0.3, -0.25) is 4.79 Å². The second-order valence-electron chi connectivity index (χ2n) is 5.08. The zero-order chi connectivity index (χ0) is 14.4. The molecule has 0 unspecified atom stereocenters. The Labute approximate surface area is 124 Å². The number of benzene rings is 1. The predicted molar refractivity (Wildman–Crippen MR) is 82.8 cm³/mol. The van der Waals surface area contributed by atoms with Crippen molar-refractivity contribution in [3.05, 3.63) is 52.0 Å². The number of hydrogen-bond acceptors (Lipinski definition) is 3. The zero-order valence-corrected chi connectivity index (χ0v) is 12.7. The summed E-state index contributed by atoms with van der Waals surface area (Å²) in [7, 11) is 0. The maximum atomic E-state index is 11.8. The van der Waals surface area contributed by atoms with E-state index in [-0.39, 0.29) is 5.91 Å². The summed E-state index contributed by atoms with van der Waals surface area (Å²) >= 11 is 1.61. The first-order chi connectivity index (χ1) is 9.65. The molecule has 0 atom stereocenters. The number of carbonyl (C=O) groups is 1. The van der Waals surface area contributed by atoms with Crippen LogP contribution in [-0.2, 0) is 17.8 Å². The van der Waals surface area contributed by atoms with E-state index in [9.17, 15) is 4.79 Å². The number of carbonyl (C=O) groups excluding carboxylic acids is 1. The third kappa shape index (κ3) is 4.46. The Balaban J connectivity index is 1.74. The molecule has 1 N–H and O–H groups in total. The van der Waals surface area contributed by atoms with Crippen LogP contribution in [0.5, 0.6) is 0 Å². The molecule has 0 saturated carbocycles. The van der Waals surface area contributed by atoms with Gasteiger partial charge in [-0.05, 0) is 17.9 Å². The highest BCUT2D eigenvalue weighted by atomic mass is 32.1. The maximum Gasteiger partial charge on any atom is 0.220 e. The predicted octanol–water partition coefficient (Wildman–Crippen LogP) is 3.52. The number of rotatable bonds is 6. The average molecular weight is 288 g/mol. The van der Waals surface area contributed by atoms with E-state index in [1.165, 1.54) is 5.56 Å². The van der Waals surface area contributed by atoms with E-state index < -0.39 is 0 Å². The van der Waals surface area contributed by atoms with Crippen molar-refractivity contribution in [2.24, 2.45) is 0 Å². The van der Waals surface area contributed by atoms with Gasteiger partial charge in [0.1, 0.15) is 5.01 Å². The van der Waals surface area contributed by atoms with Crippen molar-refractivity contribution in [3.8, 4) is 0 Å². The summed E-state index contributed by atoms with van der Waals surface area (Å²) in [5.41, 5.74) is 2.29. The lowest BCUT2D eigenvalue weighted by molar-refractivity contribution is -0.121.